The molecule has 0 fully saturated rings. The molecule has 0 radical (unpaired) electrons. The van der Waals surface area contributed by atoms with Crippen molar-refractivity contribution in [3.8, 4) is 0 Å². The molecule has 0 aromatic heterocycles. The third-order valence-electron chi connectivity index (χ3n) is 18.9. The summed E-state index contributed by atoms with van der Waals surface area (Å²) in [5.41, 5.74) is 0. The van der Waals surface area contributed by atoms with Crippen molar-refractivity contribution in [3.05, 3.63) is 0 Å². The van der Waals surface area contributed by atoms with Gasteiger partial charge in [-0.2, -0.15) is 0 Å². The van der Waals surface area contributed by atoms with Crippen LogP contribution in [0.1, 0.15) is 420 Å². The molecule has 0 aliphatic rings. The van der Waals surface area contributed by atoms with Gasteiger partial charge < -0.3 is 33.8 Å². The summed E-state index contributed by atoms with van der Waals surface area (Å²) in [5, 5.41) is 10.6. The number of ether oxygens (including phenoxy) is 4. The highest BCUT2D eigenvalue weighted by molar-refractivity contribution is 7.47. The van der Waals surface area contributed by atoms with E-state index in [1.54, 1.807) is 0 Å². The van der Waals surface area contributed by atoms with Crippen LogP contribution in [0.3, 0.4) is 0 Å². The number of carbonyl (C=O) groups excluding carboxylic acids is 4. The Morgan fingerprint density at radius 2 is 0.490 bits per heavy atom. The van der Waals surface area contributed by atoms with Gasteiger partial charge in [-0.15, -0.1) is 0 Å². The van der Waals surface area contributed by atoms with E-state index in [0.29, 0.717) is 25.7 Å². The van der Waals surface area contributed by atoms with E-state index in [2.05, 4.69) is 34.6 Å². The van der Waals surface area contributed by atoms with Crippen LogP contribution in [0.4, 0.5) is 0 Å². The predicted octanol–water partition coefficient (Wildman–Crippen LogP) is 23.6. The number of aliphatic hydroxyl groups excluding tert-OH is 1. The van der Waals surface area contributed by atoms with Gasteiger partial charge in [-0.05, 0) is 31.6 Å². The minimum atomic E-state index is -4.96. The second kappa shape index (κ2) is 72.0. The topological polar surface area (TPSA) is 237 Å². The molecule has 0 amide bonds. The quantitative estimate of drug-likeness (QED) is 0.0222. The lowest BCUT2D eigenvalue weighted by Gasteiger charge is -2.21. The number of carbonyl (C=O) groups is 4. The molecule has 0 saturated carbocycles. The summed E-state index contributed by atoms with van der Waals surface area (Å²) in [5.74, 6) is -1.38. The molecule has 582 valence electrons. The fourth-order valence-corrected chi connectivity index (χ4v) is 13.8. The van der Waals surface area contributed by atoms with Gasteiger partial charge in [-0.1, -0.05) is 369 Å². The highest BCUT2D eigenvalue weighted by Crippen LogP contribution is 2.45. The SMILES string of the molecule is CCCCCCCCCCCCCCCCCCCCCC(=O)O[C@H](COC(=O)CCCCCCCCCCCCCCCCC)COP(=O)(O)OC[C@@H](O)COP(=O)(O)OC[C@@H](COC(=O)CCCCCCCCC(C)CC)OC(=O)CCCCCCCCCCCCCCCC. The van der Waals surface area contributed by atoms with Crippen LogP contribution in [0.15, 0.2) is 0 Å². The number of aliphatic hydroxyl groups is 1. The molecule has 0 heterocycles. The average Bonchev–Trinajstić information content (AvgIpc) is 0.957. The van der Waals surface area contributed by atoms with E-state index in [1.165, 1.54) is 238 Å². The molecule has 98 heavy (non-hydrogen) atoms. The van der Waals surface area contributed by atoms with Crippen LogP contribution >= 0.6 is 15.6 Å². The zero-order chi connectivity index (χ0) is 71.9. The highest BCUT2D eigenvalue weighted by atomic mass is 31.2. The summed E-state index contributed by atoms with van der Waals surface area (Å²) in [6.45, 7) is 7.28. The highest BCUT2D eigenvalue weighted by Gasteiger charge is 2.30. The molecule has 0 aliphatic carbocycles. The fourth-order valence-electron chi connectivity index (χ4n) is 12.2. The van der Waals surface area contributed by atoms with E-state index < -0.39 is 97.5 Å². The first kappa shape index (κ1) is 96.1. The van der Waals surface area contributed by atoms with Gasteiger partial charge in [0.05, 0.1) is 26.4 Å². The first-order chi connectivity index (χ1) is 47.6. The zero-order valence-electron chi connectivity index (χ0n) is 63.9. The van der Waals surface area contributed by atoms with Crippen LogP contribution in [0, 0.1) is 5.92 Å². The van der Waals surface area contributed by atoms with Crippen LogP contribution in [0.2, 0.25) is 0 Å². The molecular weight excluding hydrogens is 1280 g/mol. The molecule has 0 spiro atoms. The number of rotatable bonds is 79. The van der Waals surface area contributed by atoms with Gasteiger partial charge in [0, 0.05) is 25.7 Å². The van der Waals surface area contributed by atoms with Gasteiger partial charge in [-0.25, -0.2) is 9.13 Å². The van der Waals surface area contributed by atoms with Gasteiger partial charge in [0.2, 0.25) is 0 Å². The molecule has 6 atom stereocenters. The van der Waals surface area contributed by atoms with Crippen molar-refractivity contribution in [2.75, 3.05) is 39.6 Å². The van der Waals surface area contributed by atoms with Gasteiger partial charge in [-0.3, -0.25) is 37.3 Å². The maximum Gasteiger partial charge on any atom is 0.472 e. The Kier molecular flexibility index (Phi) is 70.6. The summed E-state index contributed by atoms with van der Waals surface area (Å²) in [6, 6.07) is 0. The van der Waals surface area contributed by atoms with Crippen molar-refractivity contribution in [2.45, 2.75) is 438 Å². The molecule has 0 aromatic rings. The molecule has 0 aromatic carbocycles. The second-order valence-electron chi connectivity index (χ2n) is 28.7. The van der Waals surface area contributed by atoms with Crippen molar-refractivity contribution in [2.24, 2.45) is 5.92 Å². The summed E-state index contributed by atoms with van der Waals surface area (Å²) in [6.07, 6.45) is 62.4. The third-order valence-corrected chi connectivity index (χ3v) is 20.8. The molecule has 17 nitrogen and oxygen atoms in total. The monoisotopic (exact) mass is 1440 g/mol. The van der Waals surface area contributed by atoms with Crippen LogP contribution in [0.25, 0.3) is 0 Å². The number of phosphoric ester groups is 2. The average molecular weight is 1440 g/mol. The van der Waals surface area contributed by atoms with Gasteiger partial charge in [0.1, 0.15) is 19.3 Å². The minimum absolute atomic E-state index is 0.107. The van der Waals surface area contributed by atoms with Crippen LogP contribution < -0.4 is 0 Å². The molecule has 0 aliphatic heterocycles. The van der Waals surface area contributed by atoms with Crippen LogP contribution in [0.5, 0.6) is 0 Å². The Morgan fingerprint density at radius 1 is 0.286 bits per heavy atom. The van der Waals surface area contributed by atoms with Crippen molar-refractivity contribution < 1.29 is 80.2 Å². The third kappa shape index (κ3) is 71.1. The van der Waals surface area contributed by atoms with Crippen molar-refractivity contribution in [3.63, 3.8) is 0 Å². The number of hydrogen-bond donors (Lipinski definition) is 3. The molecule has 19 heteroatoms. The van der Waals surface area contributed by atoms with E-state index in [-0.39, 0.29) is 25.7 Å². The van der Waals surface area contributed by atoms with E-state index in [9.17, 15) is 43.2 Å². The Hall–Kier alpha value is -1.94. The number of unbranched alkanes of at least 4 members (excludes halogenated alkanes) is 50. The molecule has 0 rings (SSSR count). The van der Waals surface area contributed by atoms with Crippen LogP contribution in [-0.4, -0.2) is 96.7 Å². The van der Waals surface area contributed by atoms with E-state index in [1.807, 2.05) is 0 Å². The number of phosphoric acid groups is 2. The normalized spacial score (nSPS) is 14.2. The van der Waals surface area contributed by atoms with E-state index in [0.717, 1.165) is 102 Å². The summed E-state index contributed by atoms with van der Waals surface area (Å²) in [4.78, 5) is 72.9. The fraction of sp³-hybridized carbons (Fsp3) is 0.949. The van der Waals surface area contributed by atoms with E-state index >= 15 is 0 Å². The lowest BCUT2D eigenvalue weighted by Crippen LogP contribution is -2.30. The molecule has 0 saturated heterocycles. The molecule has 3 unspecified atom stereocenters. The first-order valence-electron chi connectivity index (χ1n) is 41.2. The predicted molar refractivity (Wildman–Crippen MR) is 400 cm³/mol. The summed E-state index contributed by atoms with van der Waals surface area (Å²) in [7, 11) is -9.92. The Balaban J connectivity index is 5.24. The molecular formula is C79H154O17P2. The summed E-state index contributed by atoms with van der Waals surface area (Å²) >= 11 is 0. The van der Waals surface area contributed by atoms with Crippen molar-refractivity contribution >= 4 is 39.5 Å². The zero-order valence-corrected chi connectivity index (χ0v) is 65.7. The van der Waals surface area contributed by atoms with Gasteiger partial charge in [0.15, 0.2) is 12.2 Å². The maximum absolute atomic E-state index is 13.1. The molecule has 0 bridgehead atoms. The van der Waals surface area contributed by atoms with Crippen molar-refractivity contribution in [1.29, 1.82) is 0 Å². The Bertz CT molecular complexity index is 1880. The first-order valence-corrected chi connectivity index (χ1v) is 44.2. The van der Waals surface area contributed by atoms with Gasteiger partial charge >= 0.3 is 39.5 Å². The number of hydrogen-bond acceptors (Lipinski definition) is 15. The lowest BCUT2D eigenvalue weighted by molar-refractivity contribution is -0.161. The number of esters is 4. The molecule has 3 N–H and O–H groups in total. The summed E-state index contributed by atoms with van der Waals surface area (Å²) < 4.78 is 68.7. The second-order valence-corrected chi connectivity index (χ2v) is 31.6. The van der Waals surface area contributed by atoms with Crippen molar-refractivity contribution in [1.82, 2.24) is 0 Å². The Morgan fingerprint density at radius 3 is 0.724 bits per heavy atom. The standard InChI is InChI=1S/C79H154O17P2/c1-6-10-13-16-19-22-25-28-31-32-33-34-36-39-42-45-48-55-60-65-78(83)95-74(68-89-76(81)62-57-52-46-43-40-38-35-29-26-23-20-17-14-11-7-2)70-93-97(85,86)91-66-73(80)67-92-98(87,88)94-71-75(69-90-77(82)63-58-53-50-49-51-56-61-72(5)9-4)96-79(84)64-59-54-47-44-41-37-30-27-24-21-18-15-12-8-3/h72-75,80H,6-71H2,1-5H3,(H,85,86)(H,87,88)/t72?,73-,74-,75-/m1/s1. The largest absolute Gasteiger partial charge is 0.472 e. The van der Waals surface area contributed by atoms with E-state index in [4.69, 9.17) is 37.0 Å². The maximum atomic E-state index is 13.1. The lowest BCUT2D eigenvalue weighted by atomic mass is 10.00. The minimum Gasteiger partial charge on any atom is -0.462 e. The van der Waals surface area contributed by atoms with Crippen LogP contribution in [-0.2, 0) is 65.4 Å². The Labute approximate surface area is 600 Å². The van der Waals surface area contributed by atoms with Gasteiger partial charge in [0.25, 0.3) is 0 Å². The smallest absolute Gasteiger partial charge is 0.462 e.